The summed E-state index contributed by atoms with van der Waals surface area (Å²) in [6.07, 6.45) is 0. The average molecular weight is 488 g/mol. The van der Waals surface area contributed by atoms with Crippen molar-refractivity contribution in [1.82, 2.24) is 4.44 Å². The Morgan fingerprint density at radius 2 is 0.912 bits per heavy atom. The Morgan fingerprint density at radius 1 is 0.529 bits per heavy atom. The van der Waals surface area contributed by atoms with Gasteiger partial charge >= 0.3 is 0 Å². The van der Waals surface area contributed by atoms with Crippen LogP contribution >= 0.6 is 16.1 Å². The Hall–Kier alpha value is -2.70. The summed E-state index contributed by atoms with van der Waals surface area (Å²) in [7, 11) is 1.71. The minimum absolute atomic E-state index is 0.271. The predicted octanol–water partition coefficient (Wildman–Crippen LogP) is 5.81. The van der Waals surface area contributed by atoms with Crippen molar-refractivity contribution in [1.29, 1.82) is 0 Å². The van der Waals surface area contributed by atoms with Crippen molar-refractivity contribution in [2.45, 2.75) is 19.9 Å². The first kappa shape index (κ1) is 24.4. The highest BCUT2D eigenvalue weighted by Gasteiger charge is 2.36. The quantitative estimate of drug-likeness (QED) is 0.278. The summed E-state index contributed by atoms with van der Waals surface area (Å²) in [5, 5.41) is 5.04. The third-order valence-electron chi connectivity index (χ3n) is 5.50. The highest BCUT2D eigenvalue weighted by molar-refractivity contribution is 7.84. The lowest BCUT2D eigenvalue weighted by atomic mass is 10.3. The molecule has 3 nitrogen and oxygen atoms in total. The Balaban J connectivity index is 2.01. The Bertz CT molecular complexity index is 1100. The second-order valence-electron chi connectivity index (χ2n) is 8.05. The molecular weight excluding hydrogens is 456 g/mol. The number of hydrogen-bond donors (Lipinski definition) is 0. The molecular formula is C29H31NO2P2. The van der Waals surface area contributed by atoms with Crippen LogP contribution in [0.3, 0.4) is 0 Å². The summed E-state index contributed by atoms with van der Waals surface area (Å²) in [5.41, 5.74) is 0. The fourth-order valence-electron chi connectivity index (χ4n) is 4.04. The third-order valence-corrected chi connectivity index (χ3v) is 11.5. The van der Waals surface area contributed by atoms with Gasteiger partial charge in [-0.05, 0) is 48.7 Å². The lowest BCUT2D eigenvalue weighted by Crippen LogP contribution is -2.36. The van der Waals surface area contributed by atoms with Gasteiger partial charge in [0.05, 0.1) is 14.2 Å². The van der Waals surface area contributed by atoms with E-state index in [1.165, 1.54) is 21.2 Å². The van der Waals surface area contributed by atoms with Crippen LogP contribution < -0.4 is 30.7 Å². The number of hydrogen-bond acceptors (Lipinski definition) is 3. The second kappa shape index (κ2) is 11.6. The van der Waals surface area contributed by atoms with Crippen molar-refractivity contribution < 1.29 is 9.47 Å². The van der Waals surface area contributed by atoms with Crippen LogP contribution in [-0.2, 0) is 0 Å². The Labute approximate surface area is 206 Å². The first-order chi connectivity index (χ1) is 16.7. The average Bonchev–Trinajstić information content (AvgIpc) is 2.90. The van der Waals surface area contributed by atoms with E-state index in [-0.39, 0.29) is 6.04 Å². The zero-order chi connectivity index (χ0) is 23.9. The van der Waals surface area contributed by atoms with Gasteiger partial charge in [-0.2, -0.15) is 0 Å². The van der Waals surface area contributed by atoms with E-state index < -0.39 is 16.1 Å². The van der Waals surface area contributed by atoms with Crippen LogP contribution in [0.25, 0.3) is 0 Å². The fraction of sp³-hybridized carbons (Fsp3) is 0.172. The highest BCUT2D eigenvalue weighted by Crippen LogP contribution is 2.57. The zero-order valence-corrected chi connectivity index (χ0v) is 21.9. The fourth-order valence-corrected chi connectivity index (χ4v) is 10.5. The van der Waals surface area contributed by atoms with Crippen molar-refractivity contribution in [3.05, 3.63) is 109 Å². The van der Waals surface area contributed by atoms with Crippen molar-refractivity contribution in [3.63, 3.8) is 0 Å². The molecule has 0 fully saturated rings. The minimum Gasteiger partial charge on any atom is -0.496 e. The number of methoxy groups -OCH3 is 2. The SMILES string of the molecule is COc1ccccc1P(c1ccccc1OC)N(C(C)C)P(c1ccccc1)c1ccccc1. The number of rotatable bonds is 9. The van der Waals surface area contributed by atoms with E-state index in [9.17, 15) is 0 Å². The summed E-state index contributed by atoms with van der Waals surface area (Å²) in [5.74, 6) is 1.81. The van der Waals surface area contributed by atoms with Crippen molar-refractivity contribution in [3.8, 4) is 11.5 Å². The van der Waals surface area contributed by atoms with Gasteiger partial charge in [0.25, 0.3) is 0 Å². The van der Waals surface area contributed by atoms with Gasteiger partial charge in [0.15, 0.2) is 0 Å². The van der Waals surface area contributed by atoms with Gasteiger partial charge in [0, 0.05) is 32.8 Å². The maximum Gasteiger partial charge on any atom is 0.128 e. The highest BCUT2D eigenvalue weighted by atomic mass is 31.2. The molecule has 174 valence electrons. The molecule has 4 aromatic rings. The zero-order valence-electron chi connectivity index (χ0n) is 20.1. The van der Waals surface area contributed by atoms with E-state index in [1.54, 1.807) is 14.2 Å². The lowest BCUT2D eigenvalue weighted by molar-refractivity contribution is 0.417. The van der Waals surface area contributed by atoms with E-state index in [1.807, 2.05) is 12.1 Å². The molecule has 0 aromatic heterocycles. The van der Waals surface area contributed by atoms with Crippen LogP contribution in [0.4, 0.5) is 0 Å². The molecule has 0 saturated heterocycles. The monoisotopic (exact) mass is 487 g/mol. The molecule has 34 heavy (non-hydrogen) atoms. The van der Waals surface area contributed by atoms with Crippen LogP contribution in [-0.4, -0.2) is 24.7 Å². The molecule has 0 bridgehead atoms. The molecule has 0 spiro atoms. The smallest absolute Gasteiger partial charge is 0.128 e. The molecule has 0 saturated carbocycles. The summed E-state index contributed by atoms with van der Waals surface area (Å²) in [4.78, 5) is 0. The minimum atomic E-state index is -0.981. The van der Waals surface area contributed by atoms with E-state index >= 15 is 0 Å². The normalized spacial score (nSPS) is 11.4. The van der Waals surface area contributed by atoms with Gasteiger partial charge in [0.2, 0.25) is 0 Å². The number of nitrogens with zero attached hydrogens (tertiary/aromatic N) is 1. The number of ether oxygens (including phenoxy) is 2. The van der Waals surface area contributed by atoms with Gasteiger partial charge in [-0.15, -0.1) is 0 Å². The van der Waals surface area contributed by atoms with Gasteiger partial charge in [-0.1, -0.05) is 84.9 Å². The van der Waals surface area contributed by atoms with Crippen LogP contribution in [0.15, 0.2) is 109 Å². The van der Waals surface area contributed by atoms with E-state index in [4.69, 9.17) is 9.47 Å². The van der Waals surface area contributed by atoms with Crippen LogP contribution in [0.2, 0.25) is 0 Å². The van der Waals surface area contributed by atoms with Crippen molar-refractivity contribution in [2.24, 2.45) is 0 Å². The first-order valence-electron chi connectivity index (χ1n) is 11.4. The molecule has 5 heteroatoms. The van der Waals surface area contributed by atoms with Gasteiger partial charge in [-0.25, -0.2) is 4.44 Å². The maximum absolute atomic E-state index is 5.90. The predicted molar refractivity (Wildman–Crippen MR) is 148 cm³/mol. The summed E-state index contributed by atoms with van der Waals surface area (Å²) in [6, 6.07) is 38.8. The standard InChI is InChI=1S/C29H31NO2P2/c1-23(2)30(33(24-15-7-5-8-16-24)25-17-9-6-10-18-25)34(28-21-13-11-19-26(28)31-3)29-22-14-12-20-27(29)32-4/h5-23H,1-4H3. The number of para-hydroxylation sites is 2. The summed E-state index contributed by atoms with van der Waals surface area (Å²) >= 11 is 0. The van der Waals surface area contributed by atoms with Crippen LogP contribution in [0.1, 0.15) is 13.8 Å². The van der Waals surface area contributed by atoms with E-state index in [2.05, 4.69) is 115 Å². The van der Waals surface area contributed by atoms with Crippen LogP contribution in [0.5, 0.6) is 11.5 Å². The van der Waals surface area contributed by atoms with Gasteiger partial charge in [0.1, 0.15) is 11.5 Å². The molecule has 0 unspecified atom stereocenters. The molecule has 0 heterocycles. The summed E-state index contributed by atoms with van der Waals surface area (Å²) < 4.78 is 14.5. The molecule has 0 atom stereocenters. The van der Waals surface area contributed by atoms with E-state index in [0.717, 1.165) is 11.5 Å². The first-order valence-corrected chi connectivity index (χ1v) is 14.0. The molecule has 0 aliphatic carbocycles. The van der Waals surface area contributed by atoms with Crippen molar-refractivity contribution in [2.75, 3.05) is 14.2 Å². The van der Waals surface area contributed by atoms with Crippen molar-refractivity contribution >= 4 is 37.4 Å². The third kappa shape index (κ3) is 5.18. The maximum atomic E-state index is 5.90. The van der Waals surface area contributed by atoms with Crippen LogP contribution in [0, 0.1) is 0 Å². The van der Waals surface area contributed by atoms with E-state index in [0.29, 0.717) is 0 Å². The molecule has 4 rings (SSSR count). The topological polar surface area (TPSA) is 21.7 Å². The molecule has 0 aliphatic rings. The van der Waals surface area contributed by atoms with Gasteiger partial charge < -0.3 is 9.47 Å². The molecule has 0 N–H and O–H groups in total. The molecule has 0 aliphatic heterocycles. The Morgan fingerprint density at radius 3 is 1.29 bits per heavy atom. The molecule has 0 radical (unpaired) electrons. The Kier molecular flexibility index (Phi) is 8.35. The molecule has 0 amide bonds. The number of benzene rings is 4. The second-order valence-corrected chi connectivity index (χ2v) is 12.5. The summed E-state index contributed by atoms with van der Waals surface area (Å²) in [6.45, 7) is 4.59. The molecule has 4 aromatic carbocycles. The van der Waals surface area contributed by atoms with Gasteiger partial charge in [-0.3, -0.25) is 0 Å². The largest absolute Gasteiger partial charge is 0.496 e. The lowest BCUT2D eigenvalue weighted by Gasteiger charge is -2.42.